The van der Waals surface area contributed by atoms with Gasteiger partial charge in [-0.15, -0.1) is 0 Å². The lowest BCUT2D eigenvalue weighted by Gasteiger charge is -2.15. The number of nitriles is 1. The highest BCUT2D eigenvalue weighted by Crippen LogP contribution is 2.32. The van der Waals surface area contributed by atoms with E-state index >= 15 is 0 Å². The molecule has 1 saturated heterocycles. The molecule has 0 N–H and O–H groups in total. The summed E-state index contributed by atoms with van der Waals surface area (Å²) in [5.74, 6) is 0.0291. The number of hydrogen-bond acceptors (Lipinski definition) is 3. The molecule has 0 amide bonds. The monoisotopic (exact) mass is 249 g/mol. The molecule has 0 bridgehead atoms. The van der Waals surface area contributed by atoms with Crippen LogP contribution in [0.2, 0.25) is 0 Å². The predicted molar refractivity (Wildman–Crippen MR) is 66.3 cm³/mol. The van der Waals surface area contributed by atoms with Crippen LogP contribution in [-0.2, 0) is 9.84 Å². The number of nitrogens with zero attached hydrogens (tertiary/aromatic N) is 1. The SMILES string of the molecule is Cc1ccc(C(C#N)C2CCS(=O)(=O)C2)cc1. The third kappa shape index (κ3) is 2.67. The van der Waals surface area contributed by atoms with Crippen molar-refractivity contribution in [2.75, 3.05) is 11.5 Å². The zero-order valence-electron chi connectivity index (χ0n) is 9.76. The van der Waals surface area contributed by atoms with Crippen molar-refractivity contribution in [3.05, 3.63) is 35.4 Å². The van der Waals surface area contributed by atoms with E-state index in [9.17, 15) is 13.7 Å². The average Bonchev–Trinajstić information content (AvgIpc) is 2.63. The van der Waals surface area contributed by atoms with Gasteiger partial charge in [-0.25, -0.2) is 8.42 Å². The normalized spacial score (nSPS) is 24.1. The van der Waals surface area contributed by atoms with Crippen molar-refractivity contribution >= 4 is 9.84 Å². The second-order valence-electron chi connectivity index (χ2n) is 4.68. The van der Waals surface area contributed by atoms with Gasteiger partial charge in [0.1, 0.15) is 0 Å². The standard InChI is InChI=1S/C13H15NO2S/c1-10-2-4-11(5-3-10)13(8-14)12-6-7-17(15,16)9-12/h2-5,12-13H,6-7,9H2,1H3. The number of sulfone groups is 1. The summed E-state index contributed by atoms with van der Waals surface area (Å²) in [7, 11) is -2.92. The van der Waals surface area contributed by atoms with Crippen molar-refractivity contribution < 1.29 is 8.42 Å². The molecule has 1 aromatic carbocycles. The molecule has 17 heavy (non-hydrogen) atoms. The van der Waals surface area contributed by atoms with Gasteiger partial charge >= 0.3 is 0 Å². The van der Waals surface area contributed by atoms with Crippen molar-refractivity contribution in [1.29, 1.82) is 5.26 Å². The predicted octanol–water partition coefficient (Wildman–Crippen LogP) is 2.04. The van der Waals surface area contributed by atoms with Gasteiger partial charge in [0, 0.05) is 0 Å². The Morgan fingerprint density at radius 1 is 1.35 bits per heavy atom. The molecule has 1 heterocycles. The molecule has 2 unspecified atom stereocenters. The summed E-state index contributed by atoms with van der Waals surface area (Å²) in [6, 6.07) is 10.0. The van der Waals surface area contributed by atoms with Crippen LogP contribution in [-0.4, -0.2) is 19.9 Å². The molecule has 1 aromatic rings. The molecule has 3 nitrogen and oxygen atoms in total. The van der Waals surface area contributed by atoms with Crippen molar-refractivity contribution in [3.8, 4) is 6.07 Å². The first-order valence-corrected chi connectivity index (χ1v) is 7.50. The van der Waals surface area contributed by atoms with Crippen molar-refractivity contribution in [2.45, 2.75) is 19.3 Å². The summed E-state index contributed by atoms with van der Waals surface area (Å²) in [5.41, 5.74) is 2.07. The molecule has 0 saturated carbocycles. The van der Waals surface area contributed by atoms with Crippen LogP contribution in [0.25, 0.3) is 0 Å². The lowest BCUT2D eigenvalue weighted by atomic mass is 9.86. The van der Waals surface area contributed by atoms with Crippen LogP contribution in [0.15, 0.2) is 24.3 Å². The van der Waals surface area contributed by atoms with Gasteiger partial charge in [0.15, 0.2) is 9.84 Å². The summed E-state index contributed by atoms with van der Waals surface area (Å²) < 4.78 is 22.9. The molecule has 2 rings (SSSR count). The molecule has 0 spiro atoms. The molecule has 0 aromatic heterocycles. The number of rotatable bonds is 2. The summed E-state index contributed by atoms with van der Waals surface area (Å²) in [4.78, 5) is 0. The Labute approximate surface area is 102 Å². The van der Waals surface area contributed by atoms with Crippen molar-refractivity contribution in [3.63, 3.8) is 0 Å². The van der Waals surface area contributed by atoms with Crippen LogP contribution in [0.3, 0.4) is 0 Å². The van der Waals surface area contributed by atoms with Crippen molar-refractivity contribution in [2.24, 2.45) is 5.92 Å². The largest absolute Gasteiger partial charge is 0.229 e. The molecule has 4 heteroatoms. The maximum absolute atomic E-state index is 11.4. The van der Waals surface area contributed by atoms with Gasteiger partial charge in [0.25, 0.3) is 0 Å². The Morgan fingerprint density at radius 3 is 2.47 bits per heavy atom. The summed E-state index contributed by atoms with van der Waals surface area (Å²) in [6.45, 7) is 1.99. The Hall–Kier alpha value is -1.34. The van der Waals surface area contributed by atoms with Crippen molar-refractivity contribution in [1.82, 2.24) is 0 Å². The Balaban J connectivity index is 2.24. The van der Waals surface area contributed by atoms with Gasteiger partial charge in [-0.3, -0.25) is 0 Å². The first-order valence-electron chi connectivity index (χ1n) is 5.68. The minimum absolute atomic E-state index is 0.0484. The Morgan fingerprint density at radius 2 is 2.00 bits per heavy atom. The second-order valence-corrected chi connectivity index (χ2v) is 6.91. The quantitative estimate of drug-likeness (QED) is 0.806. The van der Waals surface area contributed by atoms with Gasteiger partial charge in [-0.05, 0) is 24.8 Å². The lowest BCUT2D eigenvalue weighted by molar-refractivity contribution is 0.541. The van der Waals surface area contributed by atoms with Crippen LogP contribution in [0, 0.1) is 24.2 Å². The van der Waals surface area contributed by atoms with E-state index in [1.54, 1.807) is 0 Å². The minimum atomic E-state index is -2.92. The number of aryl methyl sites for hydroxylation is 1. The van der Waals surface area contributed by atoms with E-state index in [2.05, 4.69) is 6.07 Å². The fraction of sp³-hybridized carbons (Fsp3) is 0.462. The maximum Gasteiger partial charge on any atom is 0.150 e. The van der Waals surface area contributed by atoms with E-state index in [0.717, 1.165) is 11.1 Å². The molecule has 1 aliphatic heterocycles. The zero-order valence-corrected chi connectivity index (χ0v) is 10.6. The fourth-order valence-corrected chi connectivity index (χ4v) is 4.15. The highest BCUT2D eigenvalue weighted by Gasteiger charge is 2.34. The smallest absolute Gasteiger partial charge is 0.150 e. The molecule has 1 aliphatic rings. The van der Waals surface area contributed by atoms with Gasteiger partial charge in [-0.1, -0.05) is 29.8 Å². The number of benzene rings is 1. The minimum Gasteiger partial charge on any atom is -0.229 e. The summed E-state index contributed by atoms with van der Waals surface area (Å²) in [6.07, 6.45) is 0.606. The molecule has 2 atom stereocenters. The molecular weight excluding hydrogens is 234 g/mol. The second kappa shape index (κ2) is 4.50. The topological polar surface area (TPSA) is 57.9 Å². The molecular formula is C13H15NO2S. The van der Waals surface area contributed by atoms with Gasteiger partial charge in [0.2, 0.25) is 0 Å². The summed E-state index contributed by atoms with van der Waals surface area (Å²) >= 11 is 0. The van der Waals surface area contributed by atoms with Gasteiger partial charge in [0.05, 0.1) is 23.5 Å². The summed E-state index contributed by atoms with van der Waals surface area (Å²) in [5, 5.41) is 9.23. The highest BCUT2D eigenvalue weighted by molar-refractivity contribution is 7.91. The zero-order chi connectivity index (χ0) is 12.5. The lowest BCUT2D eigenvalue weighted by Crippen LogP contribution is -2.13. The van der Waals surface area contributed by atoms with E-state index in [4.69, 9.17) is 0 Å². The van der Waals surface area contributed by atoms with E-state index in [1.807, 2.05) is 31.2 Å². The van der Waals surface area contributed by atoms with Crippen LogP contribution in [0.1, 0.15) is 23.5 Å². The average molecular weight is 249 g/mol. The third-order valence-electron chi connectivity index (χ3n) is 3.31. The van der Waals surface area contributed by atoms with E-state index < -0.39 is 9.84 Å². The first-order chi connectivity index (χ1) is 8.02. The van der Waals surface area contributed by atoms with Gasteiger partial charge in [-0.2, -0.15) is 5.26 Å². The van der Waals surface area contributed by atoms with Crippen LogP contribution in [0.5, 0.6) is 0 Å². The highest BCUT2D eigenvalue weighted by atomic mass is 32.2. The molecule has 1 fully saturated rings. The van der Waals surface area contributed by atoms with Crippen LogP contribution >= 0.6 is 0 Å². The van der Waals surface area contributed by atoms with E-state index in [0.29, 0.717) is 6.42 Å². The third-order valence-corrected chi connectivity index (χ3v) is 5.11. The first kappa shape index (κ1) is 12.1. The van der Waals surface area contributed by atoms with Gasteiger partial charge < -0.3 is 0 Å². The fourth-order valence-electron chi connectivity index (χ4n) is 2.31. The van der Waals surface area contributed by atoms with E-state index in [1.165, 1.54) is 0 Å². The van der Waals surface area contributed by atoms with Crippen LogP contribution < -0.4 is 0 Å². The number of hydrogen-bond donors (Lipinski definition) is 0. The molecule has 90 valence electrons. The van der Waals surface area contributed by atoms with Crippen LogP contribution in [0.4, 0.5) is 0 Å². The Kier molecular flexibility index (Phi) is 3.21. The molecule has 0 aliphatic carbocycles. The molecule has 0 radical (unpaired) electrons. The van der Waals surface area contributed by atoms with E-state index in [-0.39, 0.29) is 23.3 Å². The maximum atomic E-state index is 11.4. The Bertz CT molecular complexity index is 540.